The summed E-state index contributed by atoms with van der Waals surface area (Å²) in [6.45, 7) is 0.377. The van der Waals surface area contributed by atoms with Gasteiger partial charge in [-0.25, -0.2) is 0 Å². The number of halogens is 4. The van der Waals surface area contributed by atoms with Crippen molar-refractivity contribution in [3.8, 4) is 5.75 Å². The third kappa shape index (κ3) is 3.33. The van der Waals surface area contributed by atoms with Crippen LogP contribution < -0.4 is 4.74 Å². The van der Waals surface area contributed by atoms with Crippen LogP contribution in [0.3, 0.4) is 0 Å². The molecular formula is C13H8BrCl3O. The Balaban J connectivity index is 2.19. The molecule has 0 atom stereocenters. The molecule has 0 unspecified atom stereocenters. The van der Waals surface area contributed by atoms with Crippen molar-refractivity contribution in [2.75, 3.05) is 0 Å². The van der Waals surface area contributed by atoms with Crippen molar-refractivity contribution in [1.82, 2.24) is 0 Å². The van der Waals surface area contributed by atoms with Gasteiger partial charge in [0.25, 0.3) is 0 Å². The molecule has 0 aliphatic heterocycles. The Hall–Kier alpha value is -0.410. The third-order valence-corrected chi connectivity index (χ3v) is 3.85. The van der Waals surface area contributed by atoms with Crippen molar-refractivity contribution in [2.45, 2.75) is 6.61 Å². The molecule has 0 N–H and O–H groups in total. The number of hydrogen-bond donors (Lipinski definition) is 0. The minimum Gasteiger partial charge on any atom is -0.486 e. The predicted octanol–water partition coefficient (Wildman–Crippen LogP) is 5.99. The zero-order valence-electron chi connectivity index (χ0n) is 9.09. The summed E-state index contributed by atoms with van der Waals surface area (Å²) in [5.41, 5.74) is 1.01. The van der Waals surface area contributed by atoms with Gasteiger partial charge in [-0.2, -0.15) is 0 Å². The first-order valence-corrected chi connectivity index (χ1v) is 7.01. The van der Waals surface area contributed by atoms with Gasteiger partial charge >= 0.3 is 0 Å². The van der Waals surface area contributed by atoms with Crippen LogP contribution in [0.5, 0.6) is 5.75 Å². The van der Waals surface area contributed by atoms with E-state index in [2.05, 4.69) is 15.9 Å². The Morgan fingerprint density at radius 3 is 2.22 bits per heavy atom. The summed E-state index contributed by atoms with van der Waals surface area (Å²) >= 11 is 21.4. The summed E-state index contributed by atoms with van der Waals surface area (Å²) in [6, 6.07) is 11.0. The van der Waals surface area contributed by atoms with Crippen LogP contribution in [0.15, 0.2) is 40.9 Å². The molecule has 0 radical (unpaired) electrons. The molecule has 94 valence electrons. The highest BCUT2D eigenvalue weighted by Gasteiger charge is 2.10. The molecule has 0 aromatic heterocycles. The minimum absolute atomic E-state index is 0.377. The van der Waals surface area contributed by atoms with E-state index in [0.29, 0.717) is 27.4 Å². The zero-order valence-corrected chi connectivity index (χ0v) is 12.9. The fraction of sp³-hybridized carbons (Fsp3) is 0.0769. The molecular weight excluding hydrogens is 358 g/mol. The first-order valence-electron chi connectivity index (χ1n) is 5.08. The average molecular weight is 366 g/mol. The molecule has 0 aliphatic carbocycles. The van der Waals surface area contributed by atoms with Gasteiger partial charge < -0.3 is 4.74 Å². The van der Waals surface area contributed by atoms with Crippen LogP contribution in [-0.2, 0) is 6.61 Å². The highest BCUT2D eigenvalue weighted by Crippen LogP contribution is 2.36. The summed E-state index contributed by atoms with van der Waals surface area (Å²) in [4.78, 5) is 0. The van der Waals surface area contributed by atoms with Gasteiger partial charge in [-0.1, -0.05) is 68.9 Å². The second-order valence-electron chi connectivity index (χ2n) is 3.58. The van der Waals surface area contributed by atoms with Crippen LogP contribution in [0, 0.1) is 0 Å². The standard InChI is InChI=1S/C13H8BrCl3O/c14-10-4-2-1-3-8(10)7-18-13-11(16)5-9(15)6-12(13)17/h1-6H,7H2. The van der Waals surface area contributed by atoms with Crippen molar-refractivity contribution in [3.63, 3.8) is 0 Å². The predicted molar refractivity (Wildman–Crippen MR) is 79.9 cm³/mol. The van der Waals surface area contributed by atoms with Crippen molar-refractivity contribution >= 4 is 50.7 Å². The lowest BCUT2D eigenvalue weighted by Crippen LogP contribution is -1.97. The molecule has 2 aromatic carbocycles. The van der Waals surface area contributed by atoms with E-state index in [9.17, 15) is 0 Å². The summed E-state index contributed by atoms with van der Waals surface area (Å²) in [6.07, 6.45) is 0. The van der Waals surface area contributed by atoms with Gasteiger partial charge in [0.15, 0.2) is 5.75 Å². The summed E-state index contributed by atoms with van der Waals surface area (Å²) in [7, 11) is 0. The maximum atomic E-state index is 6.04. The molecule has 0 fully saturated rings. The average Bonchev–Trinajstić information content (AvgIpc) is 2.30. The number of hydrogen-bond acceptors (Lipinski definition) is 1. The number of rotatable bonds is 3. The van der Waals surface area contributed by atoms with Gasteiger partial charge in [0.1, 0.15) is 6.61 Å². The second kappa shape index (κ2) is 6.16. The molecule has 0 bridgehead atoms. The molecule has 0 amide bonds. The summed E-state index contributed by atoms with van der Waals surface area (Å²) < 4.78 is 6.61. The van der Waals surface area contributed by atoms with E-state index >= 15 is 0 Å². The Morgan fingerprint density at radius 2 is 1.61 bits per heavy atom. The largest absolute Gasteiger partial charge is 0.486 e. The molecule has 2 rings (SSSR count). The first-order chi connectivity index (χ1) is 8.58. The highest BCUT2D eigenvalue weighted by atomic mass is 79.9. The van der Waals surface area contributed by atoms with Crippen LogP contribution in [0.25, 0.3) is 0 Å². The number of benzene rings is 2. The summed E-state index contributed by atoms with van der Waals surface area (Å²) in [5, 5.41) is 1.29. The Kier molecular flexibility index (Phi) is 4.79. The second-order valence-corrected chi connectivity index (χ2v) is 5.68. The molecule has 0 heterocycles. The van der Waals surface area contributed by atoms with Gasteiger partial charge in [0.05, 0.1) is 10.0 Å². The van der Waals surface area contributed by atoms with Crippen LogP contribution in [-0.4, -0.2) is 0 Å². The van der Waals surface area contributed by atoms with Crippen LogP contribution in [0.1, 0.15) is 5.56 Å². The van der Waals surface area contributed by atoms with E-state index in [1.807, 2.05) is 24.3 Å². The number of ether oxygens (including phenoxy) is 1. The fourth-order valence-electron chi connectivity index (χ4n) is 1.43. The van der Waals surface area contributed by atoms with E-state index < -0.39 is 0 Å². The van der Waals surface area contributed by atoms with E-state index in [-0.39, 0.29) is 0 Å². The van der Waals surface area contributed by atoms with E-state index in [0.717, 1.165) is 10.0 Å². The van der Waals surface area contributed by atoms with Gasteiger partial charge in [-0.15, -0.1) is 0 Å². The smallest absolute Gasteiger partial charge is 0.157 e. The van der Waals surface area contributed by atoms with Crippen LogP contribution in [0.2, 0.25) is 15.1 Å². The van der Waals surface area contributed by atoms with E-state index in [4.69, 9.17) is 39.5 Å². The summed E-state index contributed by atoms with van der Waals surface area (Å²) in [5.74, 6) is 0.443. The van der Waals surface area contributed by atoms with E-state index in [1.54, 1.807) is 12.1 Å². The van der Waals surface area contributed by atoms with Crippen LogP contribution >= 0.6 is 50.7 Å². The van der Waals surface area contributed by atoms with Gasteiger partial charge in [0, 0.05) is 15.1 Å². The normalized spacial score (nSPS) is 10.4. The molecule has 2 aromatic rings. The van der Waals surface area contributed by atoms with Crippen molar-refractivity contribution in [3.05, 3.63) is 61.5 Å². The minimum atomic E-state index is 0.377. The zero-order chi connectivity index (χ0) is 13.1. The molecule has 0 spiro atoms. The molecule has 5 heteroatoms. The lowest BCUT2D eigenvalue weighted by molar-refractivity contribution is 0.306. The quantitative estimate of drug-likeness (QED) is 0.648. The van der Waals surface area contributed by atoms with Gasteiger partial charge in [-0.3, -0.25) is 0 Å². The Bertz CT molecular complexity index is 549. The lowest BCUT2D eigenvalue weighted by Gasteiger charge is -2.11. The van der Waals surface area contributed by atoms with Gasteiger partial charge in [-0.05, 0) is 18.2 Å². The maximum Gasteiger partial charge on any atom is 0.157 e. The Morgan fingerprint density at radius 1 is 1.00 bits per heavy atom. The Labute approximate surface area is 129 Å². The fourth-order valence-corrected chi connectivity index (χ4v) is 2.76. The molecule has 0 aliphatic rings. The topological polar surface area (TPSA) is 9.23 Å². The van der Waals surface area contributed by atoms with Crippen molar-refractivity contribution in [1.29, 1.82) is 0 Å². The van der Waals surface area contributed by atoms with Crippen LogP contribution in [0.4, 0.5) is 0 Å². The van der Waals surface area contributed by atoms with E-state index in [1.165, 1.54) is 0 Å². The third-order valence-electron chi connectivity index (χ3n) is 2.29. The first kappa shape index (κ1) is 14.0. The maximum absolute atomic E-state index is 6.04. The molecule has 18 heavy (non-hydrogen) atoms. The molecule has 1 nitrogen and oxygen atoms in total. The lowest BCUT2D eigenvalue weighted by atomic mass is 10.2. The molecule has 0 saturated heterocycles. The highest BCUT2D eigenvalue weighted by molar-refractivity contribution is 9.10. The molecule has 0 saturated carbocycles. The van der Waals surface area contributed by atoms with Gasteiger partial charge in [0.2, 0.25) is 0 Å². The SMILES string of the molecule is Clc1cc(Cl)c(OCc2ccccc2Br)c(Cl)c1. The van der Waals surface area contributed by atoms with Crippen molar-refractivity contribution in [2.24, 2.45) is 0 Å². The van der Waals surface area contributed by atoms with Crippen molar-refractivity contribution < 1.29 is 4.74 Å². The monoisotopic (exact) mass is 364 g/mol.